The molecule has 0 aliphatic carbocycles. The third-order valence-corrected chi connectivity index (χ3v) is 2.38. The van der Waals surface area contributed by atoms with Gasteiger partial charge in [0.1, 0.15) is 6.07 Å². The summed E-state index contributed by atoms with van der Waals surface area (Å²) >= 11 is 6.00. The Labute approximate surface area is 81.0 Å². The summed E-state index contributed by atoms with van der Waals surface area (Å²) in [6, 6.07) is 7.72. The van der Waals surface area contributed by atoms with Crippen molar-refractivity contribution in [2.45, 2.75) is 0 Å². The molecule has 13 heavy (non-hydrogen) atoms. The second-order valence-corrected chi connectivity index (χ2v) is 3.31. The molecule has 0 aliphatic rings. The Bertz CT molecular complexity index is 505. The van der Waals surface area contributed by atoms with Gasteiger partial charge in [0.05, 0.1) is 16.1 Å². The first-order valence-electron chi connectivity index (χ1n) is 3.87. The van der Waals surface area contributed by atoms with Gasteiger partial charge in [-0.25, -0.2) is 0 Å². The molecule has 2 rings (SSSR count). The largest absolute Gasteiger partial charge is 0.348 e. The molecular formula is C10H7ClN2. The van der Waals surface area contributed by atoms with Gasteiger partial charge < -0.3 is 4.57 Å². The lowest BCUT2D eigenvalue weighted by atomic mass is 10.2. The van der Waals surface area contributed by atoms with E-state index in [1.54, 1.807) is 6.20 Å². The lowest BCUT2D eigenvalue weighted by Gasteiger charge is -1.97. The van der Waals surface area contributed by atoms with Gasteiger partial charge in [0.2, 0.25) is 0 Å². The van der Waals surface area contributed by atoms with E-state index in [9.17, 15) is 0 Å². The first-order chi connectivity index (χ1) is 6.24. The third-order valence-electron chi connectivity index (χ3n) is 2.07. The van der Waals surface area contributed by atoms with Crippen LogP contribution in [0.25, 0.3) is 10.9 Å². The summed E-state index contributed by atoms with van der Waals surface area (Å²) in [5, 5.41) is 10.4. The Morgan fingerprint density at radius 1 is 1.46 bits per heavy atom. The molecule has 0 fully saturated rings. The number of hydrogen-bond donors (Lipinski definition) is 0. The molecule has 0 spiro atoms. The van der Waals surface area contributed by atoms with Crippen LogP contribution in [-0.2, 0) is 7.05 Å². The molecule has 2 nitrogen and oxygen atoms in total. The van der Waals surface area contributed by atoms with Crippen LogP contribution in [0.3, 0.4) is 0 Å². The van der Waals surface area contributed by atoms with E-state index >= 15 is 0 Å². The molecule has 64 valence electrons. The molecule has 3 heteroatoms. The van der Waals surface area contributed by atoms with Crippen molar-refractivity contribution in [2.75, 3.05) is 0 Å². The number of rotatable bonds is 0. The maximum absolute atomic E-state index is 8.83. The molecule has 0 saturated carbocycles. The molecule has 1 aromatic heterocycles. The quantitative estimate of drug-likeness (QED) is 0.628. The molecule has 0 aliphatic heterocycles. The molecule has 2 aromatic rings. The van der Waals surface area contributed by atoms with Crippen LogP contribution in [0.4, 0.5) is 0 Å². The van der Waals surface area contributed by atoms with E-state index in [-0.39, 0.29) is 0 Å². The van der Waals surface area contributed by atoms with Gasteiger partial charge in [-0.05, 0) is 6.07 Å². The maximum atomic E-state index is 8.83. The van der Waals surface area contributed by atoms with Crippen LogP contribution < -0.4 is 0 Å². The van der Waals surface area contributed by atoms with E-state index in [1.807, 2.05) is 29.8 Å². The van der Waals surface area contributed by atoms with Gasteiger partial charge in [-0.3, -0.25) is 0 Å². The Morgan fingerprint density at radius 3 is 2.92 bits per heavy atom. The molecule has 0 amide bonds. The first-order valence-corrected chi connectivity index (χ1v) is 4.25. The number of halogens is 1. The number of hydrogen-bond acceptors (Lipinski definition) is 1. The summed E-state index contributed by atoms with van der Waals surface area (Å²) in [6.07, 6.45) is 1.79. The highest BCUT2D eigenvalue weighted by Crippen LogP contribution is 2.26. The van der Waals surface area contributed by atoms with Gasteiger partial charge in [0.15, 0.2) is 0 Å². The highest BCUT2D eigenvalue weighted by Gasteiger charge is 2.07. The third kappa shape index (κ3) is 1.09. The van der Waals surface area contributed by atoms with Crippen molar-refractivity contribution >= 4 is 22.5 Å². The molecule has 0 saturated heterocycles. The normalized spacial score (nSPS) is 10.2. The number of para-hydroxylation sites is 1. The van der Waals surface area contributed by atoms with Crippen molar-refractivity contribution in [2.24, 2.45) is 7.05 Å². The lowest BCUT2D eigenvalue weighted by Crippen LogP contribution is -1.83. The number of aryl methyl sites for hydroxylation is 1. The monoisotopic (exact) mass is 190 g/mol. The molecule has 1 heterocycles. The van der Waals surface area contributed by atoms with E-state index in [4.69, 9.17) is 16.9 Å². The number of aromatic nitrogens is 1. The summed E-state index contributed by atoms with van der Waals surface area (Å²) < 4.78 is 1.87. The van der Waals surface area contributed by atoms with E-state index in [1.165, 1.54) is 0 Å². The van der Waals surface area contributed by atoms with Crippen LogP contribution >= 0.6 is 11.6 Å². The first kappa shape index (κ1) is 8.15. The lowest BCUT2D eigenvalue weighted by molar-refractivity contribution is 0.967. The average Bonchev–Trinajstić information content (AvgIpc) is 2.44. The topological polar surface area (TPSA) is 28.7 Å². The van der Waals surface area contributed by atoms with Crippen LogP contribution in [0.15, 0.2) is 24.4 Å². The highest BCUT2D eigenvalue weighted by atomic mass is 35.5. The predicted octanol–water partition coefficient (Wildman–Crippen LogP) is 2.70. The minimum Gasteiger partial charge on any atom is -0.348 e. The van der Waals surface area contributed by atoms with Crippen LogP contribution in [-0.4, -0.2) is 4.57 Å². The van der Waals surface area contributed by atoms with E-state index in [0.717, 1.165) is 10.9 Å². The second-order valence-electron chi connectivity index (χ2n) is 2.90. The Morgan fingerprint density at radius 2 is 2.23 bits per heavy atom. The second kappa shape index (κ2) is 2.79. The Balaban J connectivity index is 2.98. The van der Waals surface area contributed by atoms with Gasteiger partial charge >= 0.3 is 0 Å². The fourth-order valence-electron chi connectivity index (χ4n) is 1.51. The zero-order valence-electron chi connectivity index (χ0n) is 7.08. The van der Waals surface area contributed by atoms with Crippen molar-refractivity contribution < 1.29 is 0 Å². The van der Waals surface area contributed by atoms with E-state index < -0.39 is 0 Å². The van der Waals surface area contributed by atoms with Gasteiger partial charge in [-0.1, -0.05) is 23.7 Å². The minimum atomic E-state index is 0.667. The number of benzene rings is 1. The van der Waals surface area contributed by atoms with E-state index in [2.05, 4.69) is 6.07 Å². The van der Waals surface area contributed by atoms with Gasteiger partial charge in [0.25, 0.3) is 0 Å². The molecule has 1 aromatic carbocycles. The van der Waals surface area contributed by atoms with Crippen molar-refractivity contribution in [1.82, 2.24) is 4.57 Å². The van der Waals surface area contributed by atoms with Crippen LogP contribution in [0.5, 0.6) is 0 Å². The van der Waals surface area contributed by atoms with Crippen LogP contribution in [0.1, 0.15) is 5.56 Å². The summed E-state index contributed by atoms with van der Waals surface area (Å²) in [6.45, 7) is 0. The maximum Gasteiger partial charge on any atom is 0.101 e. The smallest absolute Gasteiger partial charge is 0.101 e. The number of nitriles is 1. The molecule has 0 bridgehead atoms. The zero-order valence-corrected chi connectivity index (χ0v) is 7.84. The van der Waals surface area contributed by atoms with Gasteiger partial charge in [-0.2, -0.15) is 5.26 Å². The highest BCUT2D eigenvalue weighted by molar-refractivity contribution is 6.35. The summed E-state index contributed by atoms with van der Waals surface area (Å²) in [7, 11) is 1.88. The van der Waals surface area contributed by atoms with Crippen molar-refractivity contribution in [3.8, 4) is 6.07 Å². The van der Waals surface area contributed by atoms with Crippen LogP contribution in [0, 0.1) is 11.3 Å². The molecule has 0 atom stereocenters. The van der Waals surface area contributed by atoms with Crippen molar-refractivity contribution in [1.29, 1.82) is 5.26 Å². The number of fused-ring (bicyclic) bond motifs is 1. The molecule has 0 radical (unpaired) electrons. The fourth-order valence-corrected chi connectivity index (χ4v) is 1.82. The zero-order chi connectivity index (χ0) is 9.42. The minimum absolute atomic E-state index is 0.667. The van der Waals surface area contributed by atoms with Gasteiger partial charge in [0, 0.05) is 18.6 Å². The van der Waals surface area contributed by atoms with E-state index in [0.29, 0.717) is 10.6 Å². The summed E-state index contributed by atoms with van der Waals surface area (Å²) in [5.41, 5.74) is 1.58. The Kier molecular flexibility index (Phi) is 1.75. The molecular weight excluding hydrogens is 184 g/mol. The SMILES string of the molecule is Cn1cc(C#N)c2cccc(Cl)c21. The molecule has 0 unspecified atom stereocenters. The average molecular weight is 191 g/mol. The number of nitrogens with zero attached hydrogens (tertiary/aromatic N) is 2. The van der Waals surface area contributed by atoms with Crippen molar-refractivity contribution in [3.05, 3.63) is 35.0 Å². The fraction of sp³-hybridized carbons (Fsp3) is 0.100. The predicted molar refractivity (Wildman–Crippen MR) is 52.6 cm³/mol. The Hall–Kier alpha value is -1.46. The van der Waals surface area contributed by atoms with Crippen molar-refractivity contribution in [3.63, 3.8) is 0 Å². The van der Waals surface area contributed by atoms with Gasteiger partial charge in [-0.15, -0.1) is 0 Å². The van der Waals surface area contributed by atoms with Crippen LogP contribution in [0.2, 0.25) is 5.02 Å². The standard InChI is InChI=1S/C10H7ClN2/c1-13-6-7(5-12)8-3-2-4-9(11)10(8)13/h2-4,6H,1H3. The molecule has 0 N–H and O–H groups in total. The summed E-state index contributed by atoms with van der Waals surface area (Å²) in [5.74, 6) is 0. The summed E-state index contributed by atoms with van der Waals surface area (Å²) in [4.78, 5) is 0.